The van der Waals surface area contributed by atoms with E-state index in [0.29, 0.717) is 5.69 Å². The molecule has 0 unspecified atom stereocenters. The van der Waals surface area contributed by atoms with Gasteiger partial charge in [-0.2, -0.15) is 0 Å². The van der Waals surface area contributed by atoms with Gasteiger partial charge in [-0.3, -0.25) is 0 Å². The van der Waals surface area contributed by atoms with E-state index in [-0.39, 0.29) is 17.0 Å². The first-order valence-corrected chi connectivity index (χ1v) is 5.43. The molecule has 5 nitrogen and oxygen atoms in total. The van der Waals surface area contributed by atoms with Crippen LogP contribution in [0.3, 0.4) is 0 Å². The maximum Gasteiger partial charge on any atom is 0.348 e. The fourth-order valence-electron chi connectivity index (χ4n) is 1.14. The first-order chi connectivity index (χ1) is 7.16. The molecule has 0 aromatic carbocycles. The van der Waals surface area contributed by atoms with Crippen LogP contribution in [0.1, 0.15) is 22.5 Å². The van der Waals surface area contributed by atoms with Gasteiger partial charge in [-0.1, -0.05) is 0 Å². The van der Waals surface area contributed by atoms with Crippen molar-refractivity contribution in [2.75, 3.05) is 5.32 Å². The summed E-state index contributed by atoms with van der Waals surface area (Å²) >= 11 is 1.09. The molecular weight excluding hydrogens is 216 g/mol. The van der Waals surface area contributed by atoms with Crippen molar-refractivity contribution in [1.29, 1.82) is 0 Å². The van der Waals surface area contributed by atoms with Crippen LogP contribution in [0.15, 0.2) is 11.4 Å². The molecule has 1 saturated carbocycles. The fraction of sp³-hybridized carbons (Fsp3) is 0.333. The van der Waals surface area contributed by atoms with Crippen LogP contribution in [0.25, 0.3) is 0 Å². The van der Waals surface area contributed by atoms with E-state index in [9.17, 15) is 9.59 Å². The molecule has 0 spiro atoms. The molecule has 15 heavy (non-hydrogen) atoms. The van der Waals surface area contributed by atoms with Crippen LogP contribution in [0.5, 0.6) is 0 Å². The summed E-state index contributed by atoms with van der Waals surface area (Å²) < 4.78 is 0. The molecule has 6 heteroatoms. The molecular formula is C9H10N2O3S. The lowest BCUT2D eigenvalue weighted by atomic mass is 10.4. The van der Waals surface area contributed by atoms with Gasteiger partial charge in [-0.05, 0) is 24.3 Å². The molecule has 1 aliphatic carbocycles. The fourth-order valence-corrected chi connectivity index (χ4v) is 1.83. The summed E-state index contributed by atoms with van der Waals surface area (Å²) in [5.41, 5.74) is 0.352. The second-order valence-corrected chi connectivity index (χ2v) is 4.26. The normalized spacial score (nSPS) is 14.7. The summed E-state index contributed by atoms with van der Waals surface area (Å²) in [4.78, 5) is 22.2. The van der Waals surface area contributed by atoms with Crippen molar-refractivity contribution in [1.82, 2.24) is 5.32 Å². The zero-order chi connectivity index (χ0) is 10.8. The van der Waals surface area contributed by atoms with E-state index in [0.717, 1.165) is 24.2 Å². The summed E-state index contributed by atoms with van der Waals surface area (Å²) in [6.07, 6.45) is 2.01. The number of carbonyl (C=O) groups is 2. The van der Waals surface area contributed by atoms with Crippen LogP contribution in [-0.2, 0) is 0 Å². The molecule has 0 saturated heterocycles. The summed E-state index contributed by atoms with van der Waals surface area (Å²) in [6.45, 7) is 0. The van der Waals surface area contributed by atoms with E-state index in [2.05, 4.69) is 10.6 Å². The maximum atomic E-state index is 11.3. The lowest BCUT2D eigenvalue weighted by Gasteiger charge is -2.05. The standard InChI is InChI=1S/C9H10N2O3S/c12-8(13)7-6(3-4-15-7)11-9(14)10-5-1-2-5/h3-5H,1-2H2,(H,12,13)(H2,10,11,14). The van der Waals surface area contributed by atoms with Gasteiger partial charge in [0.15, 0.2) is 0 Å². The minimum absolute atomic E-state index is 0.154. The third-order valence-electron chi connectivity index (χ3n) is 2.02. The van der Waals surface area contributed by atoms with Crippen molar-refractivity contribution in [2.45, 2.75) is 18.9 Å². The van der Waals surface area contributed by atoms with Gasteiger partial charge in [-0.15, -0.1) is 11.3 Å². The van der Waals surface area contributed by atoms with Gasteiger partial charge in [0.1, 0.15) is 4.88 Å². The minimum atomic E-state index is -1.02. The SMILES string of the molecule is O=C(Nc1ccsc1C(=O)O)NC1CC1. The Hall–Kier alpha value is -1.56. The number of hydrogen-bond acceptors (Lipinski definition) is 3. The zero-order valence-corrected chi connectivity index (χ0v) is 8.63. The van der Waals surface area contributed by atoms with Crippen molar-refractivity contribution < 1.29 is 14.7 Å². The Morgan fingerprint density at radius 1 is 1.47 bits per heavy atom. The molecule has 0 radical (unpaired) electrons. The topological polar surface area (TPSA) is 78.4 Å². The van der Waals surface area contributed by atoms with Gasteiger partial charge in [-0.25, -0.2) is 9.59 Å². The lowest BCUT2D eigenvalue weighted by Crippen LogP contribution is -2.30. The number of anilines is 1. The Balaban J connectivity index is 1.99. The molecule has 0 bridgehead atoms. The molecule has 2 amide bonds. The number of carboxylic acid groups (broad SMARTS) is 1. The van der Waals surface area contributed by atoms with Crippen molar-refractivity contribution >= 4 is 29.0 Å². The number of nitrogens with one attached hydrogen (secondary N) is 2. The third kappa shape index (κ3) is 2.47. The van der Waals surface area contributed by atoms with Crippen molar-refractivity contribution in [3.05, 3.63) is 16.3 Å². The quantitative estimate of drug-likeness (QED) is 0.734. The van der Waals surface area contributed by atoms with Gasteiger partial charge < -0.3 is 15.7 Å². The smallest absolute Gasteiger partial charge is 0.348 e. The Kier molecular flexibility index (Phi) is 2.59. The molecule has 1 aromatic rings. The van der Waals surface area contributed by atoms with Gasteiger partial charge >= 0.3 is 12.0 Å². The molecule has 1 aliphatic rings. The van der Waals surface area contributed by atoms with Crippen LogP contribution in [0.4, 0.5) is 10.5 Å². The molecule has 80 valence electrons. The van der Waals surface area contributed by atoms with Crippen LogP contribution in [0.2, 0.25) is 0 Å². The molecule has 3 N–H and O–H groups in total. The number of thiophene rings is 1. The van der Waals surface area contributed by atoms with Crippen LogP contribution in [-0.4, -0.2) is 23.1 Å². The number of carbonyl (C=O) groups excluding carboxylic acids is 1. The summed E-state index contributed by atoms with van der Waals surface area (Å²) in [6, 6.07) is 1.51. The molecule has 0 aliphatic heterocycles. The van der Waals surface area contributed by atoms with E-state index in [4.69, 9.17) is 5.11 Å². The lowest BCUT2D eigenvalue weighted by molar-refractivity contribution is 0.0703. The highest BCUT2D eigenvalue weighted by Crippen LogP contribution is 2.23. The number of aromatic carboxylic acids is 1. The highest BCUT2D eigenvalue weighted by molar-refractivity contribution is 7.12. The molecule has 1 heterocycles. The predicted octanol–water partition coefficient (Wildman–Crippen LogP) is 1.73. The second kappa shape index (κ2) is 3.90. The van der Waals surface area contributed by atoms with E-state index < -0.39 is 5.97 Å². The number of carboxylic acids is 1. The average molecular weight is 226 g/mol. The van der Waals surface area contributed by atoms with Gasteiger partial charge in [0.2, 0.25) is 0 Å². The monoisotopic (exact) mass is 226 g/mol. The van der Waals surface area contributed by atoms with E-state index in [1.165, 1.54) is 0 Å². The molecule has 2 rings (SSSR count). The number of hydrogen-bond donors (Lipinski definition) is 3. The summed E-state index contributed by atoms with van der Waals surface area (Å²) in [5, 5.41) is 15.7. The van der Waals surface area contributed by atoms with Crippen LogP contribution >= 0.6 is 11.3 Å². The summed E-state index contributed by atoms with van der Waals surface area (Å²) in [5.74, 6) is -1.02. The number of amides is 2. The van der Waals surface area contributed by atoms with E-state index in [1.54, 1.807) is 11.4 Å². The van der Waals surface area contributed by atoms with Gasteiger partial charge in [0.05, 0.1) is 5.69 Å². The minimum Gasteiger partial charge on any atom is -0.477 e. The van der Waals surface area contributed by atoms with Crippen molar-refractivity contribution in [3.63, 3.8) is 0 Å². The van der Waals surface area contributed by atoms with Gasteiger partial charge in [0.25, 0.3) is 0 Å². The number of rotatable bonds is 3. The Bertz CT molecular complexity index is 398. The van der Waals surface area contributed by atoms with Crippen molar-refractivity contribution in [2.24, 2.45) is 0 Å². The molecule has 1 fully saturated rings. The first-order valence-electron chi connectivity index (χ1n) is 4.55. The summed E-state index contributed by atoms with van der Waals surface area (Å²) in [7, 11) is 0. The molecule has 1 aromatic heterocycles. The van der Waals surface area contributed by atoms with E-state index >= 15 is 0 Å². The Morgan fingerprint density at radius 2 is 2.20 bits per heavy atom. The average Bonchev–Trinajstić information content (AvgIpc) is 2.82. The Morgan fingerprint density at radius 3 is 2.80 bits per heavy atom. The predicted molar refractivity (Wildman–Crippen MR) is 56.5 cm³/mol. The largest absolute Gasteiger partial charge is 0.477 e. The second-order valence-electron chi connectivity index (χ2n) is 3.34. The van der Waals surface area contributed by atoms with Crippen LogP contribution < -0.4 is 10.6 Å². The highest BCUT2D eigenvalue weighted by Gasteiger charge is 2.24. The third-order valence-corrected chi connectivity index (χ3v) is 2.92. The van der Waals surface area contributed by atoms with Crippen molar-refractivity contribution in [3.8, 4) is 0 Å². The van der Waals surface area contributed by atoms with Crippen LogP contribution in [0, 0.1) is 0 Å². The van der Waals surface area contributed by atoms with E-state index in [1.807, 2.05) is 0 Å². The van der Waals surface area contributed by atoms with Gasteiger partial charge in [0, 0.05) is 6.04 Å². The highest BCUT2D eigenvalue weighted by atomic mass is 32.1. The molecule has 0 atom stereocenters. The first kappa shape index (κ1) is 9.97. The Labute approximate surface area is 90.1 Å². The zero-order valence-electron chi connectivity index (χ0n) is 7.82. The maximum absolute atomic E-state index is 11.3. The number of urea groups is 1.